The fourth-order valence-electron chi connectivity index (χ4n) is 2.58. The predicted octanol–water partition coefficient (Wildman–Crippen LogP) is 2.95. The minimum Gasteiger partial charge on any atom is -0.382 e. The molecule has 0 unspecified atom stereocenters. The average molecular weight is 345 g/mol. The molecule has 0 saturated heterocycles. The zero-order valence-corrected chi connectivity index (χ0v) is 14.3. The van der Waals surface area contributed by atoms with E-state index in [2.05, 4.69) is 20.6 Å². The number of amides is 1. The third-order valence-electron chi connectivity index (χ3n) is 4.08. The van der Waals surface area contributed by atoms with Crippen LogP contribution < -0.4 is 5.32 Å². The Morgan fingerprint density at radius 2 is 2.12 bits per heavy atom. The molecule has 0 spiro atoms. The van der Waals surface area contributed by atoms with Gasteiger partial charge in [0.05, 0.1) is 22.9 Å². The van der Waals surface area contributed by atoms with Crippen LogP contribution in [0.3, 0.4) is 0 Å². The van der Waals surface area contributed by atoms with E-state index in [0.29, 0.717) is 35.7 Å². The molecule has 1 aromatic carbocycles. The maximum Gasteiger partial charge on any atom is 0.225 e. The molecule has 0 bridgehead atoms. The number of benzene rings is 1. The number of H-pyrrole nitrogens is 1. The van der Waals surface area contributed by atoms with Crippen LogP contribution in [0.1, 0.15) is 25.5 Å². The maximum atomic E-state index is 13.1. The quantitative estimate of drug-likeness (QED) is 0.719. The molecule has 0 aliphatic carbocycles. The van der Waals surface area contributed by atoms with Crippen LogP contribution in [0, 0.1) is 12.7 Å². The highest BCUT2D eigenvalue weighted by Crippen LogP contribution is 2.26. The number of carbonyl (C=O) groups excluding carboxylic acids is 1. The summed E-state index contributed by atoms with van der Waals surface area (Å²) in [6.07, 6.45) is 1.00. The van der Waals surface area contributed by atoms with Crippen LogP contribution in [-0.4, -0.2) is 39.1 Å². The van der Waals surface area contributed by atoms with E-state index < -0.39 is 0 Å². The van der Waals surface area contributed by atoms with Gasteiger partial charge in [0.25, 0.3) is 0 Å². The van der Waals surface area contributed by atoms with Crippen LogP contribution in [0.15, 0.2) is 24.3 Å². The zero-order valence-electron chi connectivity index (χ0n) is 14.3. The maximum absolute atomic E-state index is 13.1. The fraction of sp³-hybridized carbons (Fsp3) is 0.353. The molecule has 0 saturated carbocycles. The van der Waals surface area contributed by atoms with Crippen molar-refractivity contribution in [2.75, 3.05) is 12.4 Å². The topological polar surface area (TPSA) is 84.8 Å². The van der Waals surface area contributed by atoms with Crippen LogP contribution in [0.5, 0.6) is 0 Å². The summed E-state index contributed by atoms with van der Waals surface area (Å²) in [6, 6.07) is 5.98. The van der Waals surface area contributed by atoms with E-state index in [9.17, 15) is 9.18 Å². The molecule has 132 valence electrons. The SMILES string of the molecule is CO[C@H](C)CCC(=O)Nc1[nH]nc2c1c(C)nn2-c1ccc(F)cc1. The van der Waals surface area contributed by atoms with Gasteiger partial charge in [0, 0.05) is 13.5 Å². The summed E-state index contributed by atoms with van der Waals surface area (Å²) in [4.78, 5) is 12.1. The van der Waals surface area contributed by atoms with Crippen molar-refractivity contribution in [3.8, 4) is 5.69 Å². The predicted molar refractivity (Wildman–Crippen MR) is 92.2 cm³/mol. The Morgan fingerprint density at radius 3 is 2.80 bits per heavy atom. The Morgan fingerprint density at radius 1 is 1.40 bits per heavy atom. The number of halogens is 1. The molecule has 3 rings (SSSR count). The lowest BCUT2D eigenvalue weighted by atomic mass is 10.2. The zero-order chi connectivity index (χ0) is 18.0. The van der Waals surface area contributed by atoms with Gasteiger partial charge in [-0.1, -0.05) is 0 Å². The number of hydrogen-bond donors (Lipinski definition) is 2. The monoisotopic (exact) mass is 345 g/mol. The summed E-state index contributed by atoms with van der Waals surface area (Å²) >= 11 is 0. The number of nitrogens with zero attached hydrogens (tertiary/aromatic N) is 3. The van der Waals surface area contributed by atoms with Crippen molar-refractivity contribution in [1.82, 2.24) is 20.0 Å². The van der Waals surface area contributed by atoms with Gasteiger partial charge >= 0.3 is 0 Å². The second-order valence-corrected chi connectivity index (χ2v) is 5.90. The second-order valence-electron chi connectivity index (χ2n) is 5.90. The number of aryl methyl sites for hydroxylation is 1. The van der Waals surface area contributed by atoms with Crippen LogP contribution in [0.25, 0.3) is 16.7 Å². The lowest BCUT2D eigenvalue weighted by Crippen LogP contribution is -2.15. The Bertz CT molecular complexity index is 884. The van der Waals surface area contributed by atoms with Crippen LogP contribution in [0.2, 0.25) is 0 Å². The molecule has 25 heavy (non-hydrogen) atoms. The molecule has 3 aromatic rings. The molecule has 2 aromatic heterocycles. The Balaban J connectivity index is 1.84. The molecule has 0 fully saturated rings. The first kappa shape index (κ1) is 17.1. The number of fused-ring (bicyclic) bond motifs is 1. The van der Waals surface area contributed by atoms with E-state index in [-0.39, 0.29) is 17.8 Å². The Labute approximate surface area is 144 Å². The van der Waals surface area contributed by atoms with E-state index in [1.807, 2.05) is 13.8 Å². The molecule has 0 aliphatic heterocycles. The first-order valence-electron chi connectivity index (χ1n) is 8.02. The molecule has 7 nitrogen and oxygen atoms in total. The molecular weight excluding hydrogens is 325 g/mol. The highest BCUT2D eigenvalue weighted by atomic mass is 19.1. The van der Waals surface area contributed by atoms with Gasteiger partial charge in [0.2, 0.25) is 5.91 Å². The third kappa shape index (κ3) is 3.53. The smallest absolute Gasteiger partial charge is 0.225 e. The van der Waals surface area contributed by atoms with Gasteiger partial charge in [-0.25, -0.2) is 9.07 Å². The second kappa shape index (κ2) is 7.02. The van der Waals surface area contributed by atoms with Crippen molar-refractivity contribution in [1.29, 1.82) is 0 Å². The molecule has 1 amide bonds. The van der Waals surface area contributed by atoms with E-state index in [0.717, 1.165) is 5.39 Å². The lowest BCUT2D eigenvalue weighted by Gasteiger charge is -2.08. The van der Waals surface area contributed by atoms with E-state index in [4.69, 9.17) is 4.74 Å². The first-order chi connectivity index (χ1) is 12.0. The summed E-state index contributed by atoms with van der Waals surface area (Å²) in [5, 5.41) is 15.1. The van der Waals surface area contributed by atoms with Crippen LogP contribution >= 0.6 is 0 Å². The van der Waals surface area contributed by atoms with Crippen molar-refractivity contribution in [3.05, 3.63) is 35.8 Å². The van der Waals surface area contributed by atoms with Gasteiger partial charge in [0.1, 0.15) is 11.6 Å². The molecule has 1 atom stereocenters. The molecule has 8 heteroatoms. The highest BCUT2D eigenvalue weighted by molar-refractivity contribution is 6.00. The van der Waals surface area contributed by atoms with Gasteiger partial charge in [-0.2, -0.15) is 10.2 Å². The van der Waals surface area contributed by atoms with Crippen LogP contribution in [0.4, 0.5) is 10.2 Å². The number of anilines is 1. The van der Waals surface area contributed by atoms with Crippen molar-refractivity contribution in [3.63, 3.8) is 0 Å². The van der Waals surface area contributed by atoms with Crippen molar-refractivity contribution in [2.45, 2.75) is 32.8 Å². The molecule has 2 N–H and O–H groups in total. The van der Waals surface area contributed by atoms with Crippen LogP contribution in [-0.2, 0) is 9.53 Å². The van der Waals surface area contributed by atoms with E-state index >= 15 is 0 Å². The Hall–Kier alpha value is -2.74. The molecule has 0 aliphatic rings. The van der Waals surface area contributed by atoms with Gasteiger partial charge in [-0.15, -0.1) is 0 Å². The Kier molecular flexibility index (Phi) is 4.80. The van der Waals surface area contributed by atoms with Gasteiger partial charge in [0.15, 0.2) is 5.65 Å². The number of rotatable bonds is 6. The number of hydrogen-bond acceptors (Lipinski definition) is 4. The summed E-state index contributed by atoms with van der Waals surface area (Å²) in [7, 11) is 1.62. The van der Waals surface area contributed by atoms with E-state index in [1.165, 1.54) is 12.1 Å². The number of aromatic nitrogens is 4. The molecular formula is C17H20FN5O2. The van der Waals surface area contributed by atoms with Crippen molar-refractivity contribution in [2.24, 2.45) is 0 Å². The van der Waals surface area contributed by atoms with Gasteiger partial charge in [-0.05, 0) is 44.5 Å². The fourth-order valence-corrected chi connectivity index (χ4v) is 2.58. The molecule has 2 heterocycles. The molecule has 0 radical (unpaired) electrons. The number of ether oxygens (including phenoxy) is 1. The summed E-state index contributed by atoms with van der Waals surface area (Å²) < 4.78 is 19.9. The van der Waals surface area contributed by atoms with Gasteiger partial charge < -0.3 is 10.1 Å². The number of nitrogens with one attached hydrogen (secondary N) is 2. The first-order valence-corrected chi connectivity index (χ1v) is 8.02. The summed E-state index contributed by atoms with van der Waals surface area (Å²) in [5.74, 6) is 0.0726. The number of carbonyl (C=O) groups is 1. The largest absolute Gasteiger partial charge is 0.382 e. The summed E-state index contributed by atoms with van der Waals surface area (Å²) in [6.45, 7) is 3.75. The standard InChI is InChI=1S/C17H20FN5O2/c1-10(25-3)4-9-14(24)19-16-15-11(2)22-23(17(15)21-20-16)13-7-5-12(18)6-8-13/h5-8,10H,4,9H2,1-3H3,(H2,19,20,21,24)/t10-/m1/s1. The summed E-state index contributed by atoms with van der Waals surface area (Å²) in [5.41, 5.74) is 1.98. The van der Waals surface area contributed by atoms with Crippen molar-refractivity contribution >= 4 is 22.8 Å². The average Bonchev–Trinajstić information content (AvgIpc) is 3.15. The number of aromatic amines is 1. The normalized spacial score (nSPS) is 12.5. The highest BCUT2D eigenvalue weighted by Gasteiger charge is 2.18. The third-order valence-corrected chi connectivity index (χ3v) is 4.08. The number of methoxy groups -OCH3 is 1. The van der Waals surface area contributed by atoms with Crippen molar-refractivity contribution < 1.29 is 13.9 Å². The lowest BCUT2D eigenvalue weighted by molar-refractivity contribution is -0.116. The minimum absolute atomic E-state index is 0.0236. The van der Waals surface area contributed by atoms with Gasteiger partial charge in [-0.3, -0.25) is 9.89 Å². The minimum atomic E-state index is -0.316. The van der Waals surface area contributed by atoms with E-state index in [1.54, 1.807) is 23.9 Å².